The van der Waals surface area contributed by atoms with Crippen molar-refractivity contribution in [3.8, 4) is 0 Å². The first-order chi connectivity index (χ1) is 10.1. The van der Waals surface area contributed by atoms with Gasteiger partial charge < -0.3 is 5.32 Å². The van der Waals surface area contributed by atoms with Crippen LogP contribution in [0.3, 0.4) is 0 Å². The van der Waals surface area contributed by atoms with Crippen LogP contribution in [0.5, 0.6) is 0 Å². The van der Waals surface area contributed by atoms with Crippen molar-refractivity contribution in [2.45, 2.75) is 58.9 Å². The molecular formula is C17H26N2OS. The Kier molecular flexibility index (Phi) is 4.65. The molecule has 4 heteroatoms. The minimum atomic E-state index is 0.0575. The normalized spacial score (nSPS) is 20.3. The van der Waals surface area contributed by atoms with Crippen molar-refractivity contribution < 1.29 is 4.79 Å². The number of nitrogens with one attached hydrogen (secondary N) is 1. The number of hydrogen-bond acceptors (Lipinski definition) is 3. The lowest BCUT2D eigenvalue weighted by Gasteiger charge is -2.30. The van der Waals surface area contributed by atoms with Gasteiger partial charge in [-0.1, -0.05) is 6.92 Å². The lowest BCUT2D eigenvalue weighted by atomic mass is 9.94. The van der Waals surface area contributed by atoms with Gasteiger partial charge in [0.2, 0.25) is 5.91 Å². The quantitative estimate of drug-likeness (QED) is 0.921. The average molecular weight is 306 g/mol. The number of fused-ring (bicyclic) bond motifs is 1. The topological polar surface area (TPSA) is 32.3 Å². The third-order valence-corrected chi connectivity index (χ3v) is 6.08. The molecule has 21 heavy (non-hydrogen) atoms. The molecule has 3 rings (SSSR count). The molecule has 0 bridgehead atoms. The Hall–Kier alpha value is -0.870. The molecular weight excluding hydrogens is 280 g/mol. The first kappa shape index (κ1) is 15.0. The van der Waals surface area contributed by atoms with Crippen molar-refractivity contribution >= 4 is 22.2 Å². The highest BCUT2D eigenvalue weighted by atomic mass is 32.1. The van der Waals surface area contributed by atoms with Gasteiger partial charge in [0.25, 0.3) is 0 Å². The third kappa shape index (κ3) is 3.49. The number of nitrogens with zero attached hydrogens (tertiary/aromatic N) is 1. The van der Waals surface area contributed by atoms with E-state index in [1.807, 2.05) is 11.3 Å². The number of amides is 1. The Morgan fingerprint density at radius 3 is 2.71 bits per heavy atom. The van der Waals surface area contributed by atoms with Crippen LogP contribution in [0.25, 0.3) is 0 Å². The zero-order chi connectivity index (χ0) is 14.8. The summed E-state index contributed by atoms with van der Waals surface area (Å²) in [6, 6.07) is 0. The molecule has 1 aromatic heterocycles. The maximum atomic E-state index is 11.5. The maximum absolute atomic E-state index is 11.5. The van der Waals surface area contributed by atoms with Gasteiger partial charge in [-0.2, -0.15) is 0 Å². The number of piperidine rings is 1. The number of aryl methyl sites for hydroxylation is 1. The first-order valence-corrected chi connectivity index (χ1v) is 9.08. The molecule has 0 radical (unpaired) electrons. The van der Waals surface area contributed by atoms with Crippen LogP contribution in [0.4, 0.5) is 5.00 Å². The van der Waals surface area contributed by atoms with Crippen LogP contribution in [-0.4, -0.2) is 23.9 Å². The van der Waals surface area contributed by atoms with Crippen LogP contribution in [0.2, 0.25) is 0 Å². The second kappa shape index (κ2) is 6.49. The van der Waals surface area contributed by atoms with Gasteiger partial charge in [0.05, 0.1) is 5.00 Å². The van der Waals surface area contributed by atoms with Crippen molar-refractivity contribution in [2.75, 3.05) is 18.4 Å². The molecule has 0 spiro atoms. The molecule has 0 atom stereocenters. The number of anilines is 1. The molecule has 3 nitrogen and oxygen atoms in total. The maximum Gasteiger partial charge on any atom is 0.221 e. The van der Waals surface area contributed by atoms with E-state index in [1.54, 1.807) is 12.5 Å². The number of carbonyl (C=O) groups excluding carboxylic acids is 1. The second-order valence-corrected chi connectivity index (χ2v) is 7.76. The molecule has 2 heterocycles. The summed E-state index contributed by atoms with van der Waals surface area (Å²) in [5, 5.41) is 4.20. The number of thiophene rings is 1. The van der Waals surface area contributed by atoms with Crippen LogP contribution in [-0.2, 0) is 24.2 Å². The lowest BCUT2D eigenvalue weighted by Crippen LogP contribution is -2.32. The van der Waals surface area contributed by atoms with Gasteiger partial charge >= 0.3 is 0 Å². The van der Waals surface area contributed by atoms with Crippen molar-refractivity contribution in [2.24, 2.45) is 5.92 Å². The highest BCUT2D eigenvalue weighted by Gasteiger charge is 2.24. The smallest absolute Gasteiger partial charge is 0.221 e. The van der Waals surface area contributed by atoms with Crippen LogP contribution in [0, 0.1) is 5.92 Å². The molecule has 1 amide bonds. The Balaban J connectivity index is 1.81. The molecule has 0 saturated carbocycles. The molecule has 1 aromatic rings. The van der Waals surface area contributed by atoms with E-state index in [4.69, 9.17) is 0 Å². The van der Waals surface area contributed by atoms with Gasteiger partial charge in [-0.05, 0) is 63.1 Å². The Bertz CT molecular complexity index is 515. The van der Waals surface area contributed by atoms with E-state index in [-0.39, 0.29) is 5.91 Å². The fourth-order valence-electron chi connectivity index (χ4n) is 3.50. The van der Waals surface area contributed by atoms with Gasteiger partial charge in [-0.3, -0.25) is 9.69 Å². The Labute approximate surface area is 131 Å². The molecule has 1 aliphatic heterocycles. The zero-order valence-corrected chi connectivity index (χ0v) is 14.0. The fourth-order valence-corrected chi connectivity index (χ4v) is 4.85. The number of carbonyl (C=O) groups is 1. The molecule has 0 unspecified atom stereocenters. The largest absolute Gasteiger partial charge is 0.318 e. The number of likely N-dealkylation sites (tertiary alicyclic amines) is 1. The summed E-state index contributed by atoms with van der Waals surface area (Å²) in [6.45, 7) is 7.39. The van der Waals surface area contributed by atoms with Gasteiger partial charge in [-0.15, -0.1) is 11.3 Å². The van der Waals surface area contributed by atoms with E-state index in [0.29, 0.717) is 0 Å². The summed E-state index contributed by atoms with van der Waals surface area (Å²) >= 11 is 1.82. The highest BCUT2D eigenvalue weighted by molar-refractivity contribution is 7.16. The SMILES string of the molecule is CC(=O)Nc1sc2c(c1CN1CCC(C)CC1)CCCC2. The van der Waals surface area contributed by atoms with Crippen LogP contribution in [0.1, 0.15) is 55.5 Å². The summed E-state index contributed by atoms with van der Waals surface area (Å²) in [5.74, 6) is 0.926. The van der Waals surface area contributed by atoms with E-state index in [0.717, 1.165) is 17.5 Å². The molecule has 2 aliphatic rings. The number of rotatable bonds is 3. The highest BCUT2D eigenvalue weighted by Crippen LogP contribution is 2.39. The Morgan fingerprint density at radius 1 is 1.29 bits per heavy atom. The summed E-state index contributed by atoms with van der Waals surface area (Å²) in [6.07, 6.45) is 7.61. The van der Waals surface area contributed by atoms with Crippen LogP contribution < -0.4 is 5.32 Å². The molecule has 1 fully saturated rings. The van der Waals surface area contributed by atoms with Crippen molar-refractivity contribution in [1.29, 1.82) is 0 Å². The molecule has 1 saturated heterocycles. The molecule has 1 N–H and O–H groups in total. The van der Waals surface area contributed by atoms with Gasteiger partial charge in [0, 0.05) is 23.9 Å². The van der Waals surface area contributed by atoms with E-state index in [9.17, 15) is 4.79 Å². The molecule has 116 valence electrons. The predicted molar refractivity (Wildman–Crippen MR) is 88.9 cm³/mol. The lowest BCUT2D eigenvalue weighted by molar-refractivity contribution is -0.114. The van der Waals surface area contributed by atoms with Gasteiger partial charge in [0.1, 0.15) is 0 Å². The van der Waals surface area contributed by atoms with Crippen molar-refractivity contribution in [3.63, 3.8) is 0 Å². The Morgan fingerprint density at radius 2 is 2.00 bits per heavy atom. The summed E-state index contributed by atoms with van der Waals surface area (Å²) in [4.78, 5) is 15.6. The summed E-state index contributed by atoms with van der Waals surface area (Å²) in [5.41, 5.74) is 2.97. The van der Waals surface area contributed by atoms with E-state index < -0.39 is 0 Å². The monoisotopic (exact) mass is 306 g/mol. The average Bonchev–Trinajstić information content (AvgIpc) is 2.78. The van der Waals surface area contributed by atoms with E-state index in [2.05, 4.69) is 17.1 Å². The van der Waals surface area contributed by atoms with E-state index in [1.165, 1.54) is 62.1 Å². The standard InChI is InChI=1S/C17H26N2OS/c1-12-7-9-19(10-8-12)11-15-14-5-3-4-6-16(14)21-17(15)18-13(2)20/h12H,3-11H2,1-2H3,(H,18,20). The summed E-state index contributed by atoms with van der Waals surface area (Å²) < 4.78 is 0. The molecule has 0 aromatic carbocycles. The number of hydrogen-bond donors (Lipinski definition) is 1. The van der Waals surface area contributed by atoms with Gasteiger partial charge in [-0.25, -0.2) is 0 Å². The third-order valence-electron chi connectivity index (χ3n) is 4.83. The minimum absolute atomic E-state index is 0.0575. The first-order valence-electron chi connectivity index (χ1n) is 8.27. The minimum Gasteiger partial charge on any atom is -0.318 e. The van der Waals surface area contributed by atoms with E-state index >= 15 is 0 Å². The predicted octanol–water partition coefficient (Wildman–Crippen LogP) is 3.82. The summed E-state index contributed by atoms with van der Waals surface area (Å²) in [7, 11) is 0. The van der Waals surface area contributed by atoms with Crippen LogP contribution >= 0.6 is 11.3 Å². The fraction of sp³-hybridized carbons (Fsp3) is 0.706. The van der Waals surface area contributed by atoms with Crippen LogP contribution in [0.15, 0.2) is 0 Å². The van der Waals surface area contributed by atoms with Gasteiger partial charge in [0.15, 0.2) is 0 Å². The van der Waals surface area contributed by atoms with Crippen molar-refractivity contribution in [1.82, 2.24) is 4.90 Å². The second-order valence-electron chi connectivity index (χ2n) is 6.66. The zero-order valence-electron chi connectivity index (χ0n) is 13.2. The molecule has 1 aliphatic carbocycles. The van der Waals surface area contributed by atoms with Crippen molar-refractivity contribution in [3.05, 3.63) is 16.0 Å².